The second kappa shape index (κ2) is 32.9. The van der Waals surface area contributed by atoms with Gasteiger partial charge in [-0.1, -0.05) is 303 Å². The van der Waals surface area contributed by atoms with Gasteiger partial charge in [0.05, 0.1) is 44.8 Å². The van der Waals surface area contributed by atoms with Crippen LogP contribution in [0.3, 0.4) is 0 Å². The third kappa shape index (κ3) is 13.0. The van der Waals surface area contributed by atoms with Crippen LogP contribution >= 0.6 is 27.4 Å². The summed E-state index contributed by atoms with van der Waals surface area (Å²) in [5, 5.41) is 9.42. The smallest absolute Gasteiger partial charge is 0.343 e. The maximum absolute atomic E-state index is 8.00. The van der Waals surface area contributed by atoms with Crippen LogP contribution in [0.25, 0.3) is 110 Å². The summed E-state index contributed by atoms with van der Waals surface area (Å²) >= 11 is 10.6. The van der Waals surface area contributed by atoms with Crippen LogP contribution in [-0.4, -0.2) is 32.8 Å². The minimum absolute atomic E-state index is 0. The molecule has 2 aliphatic carbocycles. The van der Waals surface area contributed by atoms with Crippen molar-refractivity contribution in [3.8, 4) is 44.5 Å². The molecular weight excluding hydrogens is 1610 g/mol. The summed E-state index contributed by atoms with van der Waals surface area (Å²) in [5.41, 5.74) is 38.8. The minimum Gasteiger partial charge on any atom is -0.343 e. The zero-order valence-electron chi connectivity index (χ0n) is 70.2. The maximum Gasteiger partial charge on any atom is 1.00 e. The molecule has 4 aromatic heterocycles. The van der Waals surface area contributed by atoms with E-state index >= 15 is 0 Å². The molecule has 0 N–H and O–H groups in total. The number of benzene rings is 14. The maximum atomic E-state index is 8.00. The molecule has 0 radical (unpaired) electrons. The normalized spacial score (nSPS) is 14.3. The Kier molecular flexibility index (Phi) is 22.4. The van der Waals surface area contributed by atoms with Gasteiger partial charge in [-0.2, -0.15) is 17.9 Å². The number of hydrogen-bond acceptors (Lipinski definition) is 6. The number of rotatable bonds is 4. The van der Waals surface area contributed by atoms with Gasteiger partial charge in [-0.15, -0.1) is 0 Å². The van der Waals surface area contributed by atoms with Crippen LogP contribution < -0.4 is 56.0 Å². The standard InChI is InChI=1S/C52H38BN3.C30H26BrN.C22H12BClN2.C4H9.CH4.2F2.Li/c1-51(2)40-17-7-5-13-33(40)39-29-43-46(30-42(39)51)56(45-20-10-8-18-41(45)52(43,3)4)32-23-21-31(22-24-32)53-44-19-9-6-14-34(44)36-26-25-35-37-15-11-27-54-49(37)50-38(16-12-28-55-50)47(35)48(36)53;1-29(2)23-10-6-5-9-21(23)22-17-26-28(18-25(22)29)32(20-15-13-19(31)14-16-20)27-12-8-7-11-24(27)30(26,3)4;24-23-18-8-2-1-5-13(18)15-10-9-14-16-6-3-11-25-21(16)22-17(7-4-12-26-22)19(14)20(15)23;1-3-4-2;;2*1-2;/h5-30H,1-4H3;5-18H,1-4H3;1-12H;1,3-4H2,2H3;1H4;;;/q;;;-1;;;;+1. The van der Waals surface area contributed by atoms with Crippen molar-refractivity contribution in [1.82, 2.24) is 19.9 Å². The van der Waals surface area contributed by atoms with E-state index < -0.39 is 0 Å². The molecule has 0 fully saturated rings. The third-order valence-electron chi connectivity index (χ3n) is 26.7. The molecule has 14 aromatic carbocycles. The fourth-order valence-corrected chi connectivity index (χ4v) is 21.6. The Bertz CT molecular complexity index is 7190. The minimum atomic E-state index is -0.172. The molecule has 6 aliphatic rings. The number of fused-ring (bicyclic) bond motifs is 30. The molecule has 24 rings (SSSR count). The summed E-state index contributed by atoms with van der Waals surface area (Å²) in [6.07, 6.45) is 9.56. The Morgan fingerprint density at radius 3 is 1.13 bits per heavy atom. The summed E-state index contributed by atoms with van der Waals surface area (Å²) in [5.74, 6) is 0. The van der Waals surface area contributed by atoms with Crippen molar-refractivity contribution in [2.24, 2.45) is 0 Å². The fourth-order valence-electron chi connectivity index (χ4n) is 20.9. The molecular formula is C109H89B2BrClF4LiN6. The van der Waals surface area contributed by atoms with Crippen molar-refractivity contribution < 1.29 is 37.2 Å². The molecule has 4 aliphatic heterocycles. The quantitative estimate of drug-likeness (QED) is 0.0757. The van der Waals surface area contributed by atoms with Gasteiger partial charge in [0.1, 0.15) is 0 Å². The Morgan fingerprint density at radius 1 is 0.339 bits per heavy atom. The van der Waals surface area contributed by atoms with E-state index in [0.717, 1.165) is 54.5 Å². The van der Waals surface area contributed by atoms with Crippen molar-refractivity contribution in [2.45, 2.75) is 104 Å². The van der Waals surface area contributed by atoms with Crippen molar-refractivity contribution in [3.63, 3.8) is 0 Å². The van der Waals surface area contributed by atoms with E-state index in [2.05, 4.69) is 378 Å². The molecule has 0 saturated heterocycles. The van der Waals surface area contributed by atoms with Crippen molar-refractivity contribution in [2.75, 3.05) is 9.80 Å². The van der Waals surface area contributed by atoms with E-state index in [-0.39, 0.29) is 60.8 Å². The first-order valence-corrected chi connectivity index (χ1v) is 42.9. The number of halogens is 6. The van der Waals surface area contributed by atoms with Crippen LogP contribution in [0.5, 0.6) is 0 Å². The summed E-state index contributed by atoms with van der Waals surface area (Å²) in [6, 6.07) is 107. The second-order valence-corrected chi connectivity index (χ2v) is 35.9. The van der Waals surface area contributed by atoms with Gasteiger partial charge in [-0.25, -0.2) is 0 Å². The summed E-state index contributed by atoms with van der Waals surface area (Å²) in [7, 11) is 0. The van der Waals surface area contributed by atoms with E-state index in [1.807, 2.05) is 43.0 Å². The first kappa shape index (κ1) is 84.3. The van der Waals surface area contributed by atoms with Crippen LogP contribution in [0.4, 0.5) is 52.4 Å². The number of anilines is 6. The van der Waals surface area contributed by atoms with Crippen LogP contribution in [0.15, 0.2) is 320 Å². The topological polar surface area (TPSA) is 58.0 Å². The number of pyridine rings is 4. The Hall–Kier alpha value is -11.9. The zero-order chi connectivity index (χ0) is 84.4. The van der Waals surface area contributed by atoms with Crippen LogP contribution in [-0.2, 0) is 21.7 Å². The number of nitrogens with zero attached hydrogens (tertiary/aromatic N) is 6. The molecule has 18 aromatic rings. The molecule has 15 heteroatoms. The van der Waals surface area contributed by atoms with E-state index in [9.17, 15) is 0 Å². The molecule has 0 amide bonds. The number of unbranched alkanes of at least 4 members (excludes halogenated alkanes) is 1. The molecule has 604 valence electrons. The molecule has 0 spiro atoms. The molecule has 6 nitrogen and oxygen atoms in total. The Balaban J connectivity index is 0.000000136. The van der Waals surface area contributed by atoms with Crippen LogP contribution in [0.1, 0.15) is 127 Å². The third-order valence-corrected chi connectivity index (χ3v) is 27.7. The Morgan fingerprint density at radius 2 is 0.685 bits per heavy atom. The van der Waals surface area contributed by atoms with E-state index in [1.54, 1.807) is 0 Å². The molecule has 124 heavy (non-hydrogen) atoms. The molecule has 0 bridgehead atoms. The number of para-hydroxylation sites is 2. The van der Waals surface area contributed by atoms with Crippen molar-refractivity contribution >= 4 is 167 Å². The summed E-state index contributed by atoms with van der Waals surface area (Å²) in [6.45, 7) is 24.8. The fraction of sp³-hybridized carbons (Fsp3) is 0.147. The SMILES string of the molecule is C.CC1(C)c2ccccc2-c2cc3c(cc21)N(c1ccc(B2c4ccccc4-c4ccc5c6cccnc6c6ncccc6c5c42)cc1)c1ccccc1C3(C)C.CC1(C)c2ccccc2-c2cc3c(cc21)N(c1ccc(Br)cc1)c1ccccc1C3(C)C.ClB1c2ccccc2-c2ccc3c4cccnc4c4ncccc4c3c21.FF.FF.[CH2-]CCC.[Li+]. The number of aromatic nitrogens is 4. The Labute approximate surface area is 748 Å². The van der Waals surface area contributed by atoms with Crippen LogP contribution in [0.2, 0.25) is 0 Å². The van der Waals surface area contributed by atoms with Gasteiger partial charge >= 0.3 is 25.0 Å². The van der Waals surface area contributed by atoms with Crippen molar-refractivity contribution in [3.05, 3.63) is 372 Å². The van der Waals surface area contributed by atoms with Gasteiger partial charge in [0.15, 0.2) is 0 Å². The van der Waals surface area contributed by atoms with E-state index in [4.69, 9.17) is 39.7 Å². The molecule has 0 atom stereocenters. The average molecular weight is 1700 g/mol. The zero-order valence-corrected chi connectivity index (χ0v) is 72.6. The molecule has 8 heterocycles. The van der Waals surface area contributed by atoms with Gasteiger partial charge in [0.2, 0.25) is 6.71 Å². The first-order chi connectivity index (χ1) is 59.4. The first-order valence-electron chi connectivity index (χ1n) is 41.7. The van der Waals surface area contributed by atoms with E-state index in [0.29, 0.717) is 0 Å². The van der Waals surface area contributed by atoms with Crippen LogP contribution in [0, 0.1) is 6.92 Å². The number of hydrogen-bond donors (Lipinski definition) is 0. The predicted molar refractivity (Wildman–Crippen MR) is 516 cm³/mol. The summed E-state index contributed by atoms with van der Waals surface area (Å²) < 4.78 is 33.1. The van der Waals surface area contributed by atoms with E-state index in [1.165, 1.54) is 178 Å². The van der Waals surface area contributed by atoms with Gasteiger partial charge in [-0.05, 0) is 219 Å². The second-order valence-electron chi connectivity index (χ2n) is 34.5. The predicted octanol–water partition coefficient (Wildman–Crippen LogP) is 24.9. The largest absolute Gasteiger partial charge is 1.00 e. The average Bonchev–Trinajstić information content (AvgIpc) is 1.54. The van der Waals surface area contributed by atoms with Crippen molar-refractivity contribution in [1.29, 1.82) is 0 Å². The van der Waals surface area contributed by atoms with Gasteiger partial charge in [0.25, 0.3) is 0 Å². The van der Waals surface area contributed by atoms with Gasteiger partial charge in [0, 0.05) is 102 Å². The summed E-state index contributed by atoms with van der Waals surface area (Å²) in [4.78, 5) is 24.0. The van der Waals surface area contributed by atoms with Gasteiger partial charge < -0.3 is 16.7 Å². The molecule has 0 unspecified atom stereocenters. The molecule has 0 saturated carbocycles. The monoisotopic (exact) mass is 1700 g/mol. The van der Waals surface area contributed by atoms with Gasteiger partial charge in [-0.3, -0.25) is 19.9 Å².